The molecule has 0 aliphatic carbocycles. The normalized spacial score (nSPS) is 10.4. The van der Waals surface area contributed by atoms with E-state index in [1.165, 1.54) is 4.90 Å². The van der Waals surface area contributed by atoms with Crippen LogP contribution < -0.4 is 0 Å². The summed E-state index contributed by atoms with van der Waals surface area (Å²) in [5.74, 6) is 0.817. The van der Waals surface area contributed by atoms with Crippen molar-refractivity contribution >= 4 is 17.9 Å². The van der Waals surface area contributed by atoms with Crippen LogP contribution in [0.25, 0.3) is 0 Å². The second-order valence-corrected chi connectivity index (χ2v) is 7.28. The van der Waals surface area contributed by atoms with Gasteiger partial charge in [-0.3, -0.25) is 0 Å². The molecule has 27 heavy (non-hydrogen) atoms. The van der Waals surface area contributed by atoms with Crippen LogP contribution in [-0.2, 0) is 17.9 Å². The minimum atomic E-state index is -0.281. The van der Waals surface area contributed by atoms with Gasteiger partial charge in [-0.1, -0.05) is 78.9 Å². The van der Waals surface area contributed by atoms with Gasteiger partial charge < -0.3 is 9.64 Å². The smallest absolute Gasteiger partial charge is 0.410 e. The van der Waals surface area contributed by atoms with Crippen molar-refractivity contribution in [3.63, 3.8) is 0 Å². The van der Waals surface area contributed by atoms with Crippen LogP contribution in [0.15, 0.2) is 95.9 Å². The van der Waals surface area contributed by atoms with Crippen LogP contribution in [0.5, 0.6) is 0 Å². The molecule has 138 valence electrons. The molecule has 0 N–H and O–H groups in total. The van der Waals surface area contributed by atoms with Gasteiger partial charge in [0.1, 0.15) is 6.61 Å². The first-order valence-corrected chi connectivity index (χ1v) is 9.97. The predicted molar refractivity (Wildman–Crippen MR) is 111 cm³/mol. The van der Waals surface area contributed by atoms with Crippen molar-refractivity contribution in [1.82, 2.24) is 4.90 Å². The third kappa shape index (κ3) is 6.50. The third-order valence-corrected chi connectivity index (χ3v) is 5.04. The number of benzene rings is 3. The summed E-state index contributed by atoms with van der Waals surface area (Å²) in [5.41, 5.74) is 2.09. The summed E-state index contributed by atoms with van der Waals surface area (Å²) in [6.07, 6.45) is -0.281. The number of carbonyl (C=O) groups is 1. The van der Waals surface area contributed by atoms with Crippen LogP contribution in [0.3, 0.4) is 0 Å². The van der Waals surface area contributed by atoms with Crippen LogP contribution >= 0.6 is 11.8 Å². The maximum Gasteiger partial charge on any atom is 0.410 e. The molecule has 0 heterocycles. The number of hydrogen-bond acceptors (Lipinski definition) is 3. The summed E-state index contributed by atoms with van der Waals surface area (Å²) < 4.78 is 5.54. The standard InChI is InChI=1S/C23H23NO2S/c25-23(26-19-21-12-6-2-7-13-21)24(18-20-10-4-1-5-11-20)16-17-27-22-14-8-3-9-15-22/h1-15H,16-19H2. The molecular formula is C23H23NO2S. The van der Waals surface area contributed by atoms with Gasteiger partial charge in [-0.05, 0) is 23.3 Å². The molecule has 0 aromatic heterocycles. The molecule has 0 atom stereocenters. The van der Waals surface area contributed by atoms with Gasteiger partial charge >= 0.3 is 6.09 Å². The van der Waals surface area contributed by atoms with Crippen molar-refractivity contribution in [2.45, 2.75) is 18.0 Å². The van der Waals surface area contributed by atoms with E-state index in [0.717, 1.165) is 16.9 Å². The molecule has 3 rings (SSSR count). The number of nitrogens with zero attached hydrogens (tertiary/aromatic N) is 1. The fourth-order valence-electron chi connectivity index (χ4n) is 2.64. The zero-order chi connectivity index (χ0) is 18.7. The molecule has 3 aromatic rings. The highest BCUT2D eigenvalue weighted by molar-refractivity contribution is 7.99. The van der Waals surface area contributed by atoms with Gasteiger partial charge in [0.2, 0.25) is 0 Å². The van der Waals surface area contributed by atoms with Crippen LogP contribution in [-0.4, -0.2) is 23.3 Å². The maximum absolute atomic E-state index is 12.7. The topological polar surface area (TPSA) is 29.5 Å². The van der Waals surface area contributed by atoms with E-state index in [2.05, 4.69) is 12.1 Å². The van der Waals surface area contributed by atoms with Crippen molar-refractivity contribution in [1.29, 1.82) is 0 Å². The molecule has 4 heteroatoms. The molecular weight excluding hydrogens is 354 g/mol. The van der Waals surface area contributed by atoms with Gasteiger partial charge in [0, 0.05) is 23.7 Å². The predicted octanol–water partition coefficient (Wildman–Crippen LogP) is 5.62. The summed E-state index contributed by atoms with van der Waals surface area (Å²) in [4.78, 5) is 15.6. The highest BCUT2D eigenvalue weighted by Gasteiger charge is 2.15. The van der Waals surface area contributed by atoms with E-state index in [1.807, 2.05) is 78.9 Å². The van der Waals surface area contributed by atoms with Gasteiger partial charge in [0.25, 0.3) is 0 Å². The number of ether oxygens (including phenoxy) is 1. The van der Waals surface area contributed by atoms with E-state index in [-0.39, 0.29) is 12.7 Å². The Labute approximate surface area is 165 Å². The summed E-state index contributed by atoms with van der Waals surface area (Å²) in [5, 5.41) is 0. The number of carbonyl (C=O) groups excluding carboxylic acids is 1. The monoisotopic (exact) mass is 377 g/mol. The lowest BCUT2D eigenvalue weighted by atomic mass is 10.2. The summed E-state index contributed by atoms with van der Waals surface area (Å²) in [6.45, 7) is 1.46. The van der Waals surface area contributed by atoms with Crippen molar-refractivity contribution in [2.75, 3.05) is 12.3 Å². The van der Waals surface area contributed by atoms with Crippen molar-refractivity contribution < 1.29 is 9.53 Å². The fraction of sp³-hybridized carbons (Fsp3) is 0.174. The van der Waals surface area contributed by atoms with Gasteiger partial charge in [0.15, 0.2) is 0 Å². The zero-order valence-corrected chi connectivity index (χ0v) is 16.0. The second-order valence-electron chi connectivity index (χ2n) is 6.11. The van der Waals surface area contributed by atoms with E-state index in [4.69, 9.17) is 4.74 Å². The first-order valence-electron chi connectivity index (χ1n) is 8.98. The van der Waals surface area contributed by atoms with Crippen molar-refractivity contribution in [3.05, 3.63) is 102 Å². The molecule has 0 fully saturated rings. The quantitative estimate of drug-likeness (QED) is 0.477. The fourth-order valence-corrected chi connectivity index (χ4v) is 3.54. The highest BCUT2D eigenvalue weighted by Crippen LogP contribution is 2.18. The van der Waals surface area contributed by atoms with E-state index < -0.39 is 0 Å². The van der Waals surface area contributed by atoms with Gasteiger partial charge in [-0.15, -0.1) is 11.8 Å². The second kappa shape index (κ2) is 10.4. The molecule has 0 bridgehead atoms. The molecule has 3 aromatic carbocycles. The Morgan fingerprint density at radius 2 is 1.33 bits per heavy atom. The molecule has 0 aliphatic rings. The number of rotatable bonds is 8. The van der Waals surface area contributed by atoms with Crippen molar-refractivity contribution in [2.24, 2.45) is 0 Å². The molecule has 3 nitrogen and oxygen atoms in total. The molecule has 0 aliphatic heterocycles. The largest absolute Gasteiger partial charge is 0.445 e. The average molecular weight is 378 g/mol. The summed E-state index contributed by atoms with van der Waals surface area (Å²) >= 11 is 1.74. The molecule has 1 amide bonds. The first kappa shape index (κ1) is 19.1. The lowest BCUT2D eigenvalue weighted by molar-refractivity contribution is 0.0960. The number of thioether (sulfide) groups is 1. The van der Waals surface area contributed by atoms with Crippen LogP contribution in [0.4, 0.5) is 4.79 Å². The Balaban J connectivity index is 1.58. The summed E-state index contributed by atoms with van der Waals surface area (Å²) in [6, 6.07) is 30.0. The first-order chi connectivity index (χ1) is 13.3. The van der Waals surface area contributed by atoms with Gasteiger partial charge in [-0.2, -0.15) is 0 Å². The Morgan fingerprint density at radius 1 is 0.778 bits per heavy atom. The average Bonchev–Trinajstić information content (AvgIpc) is 2.73. The highest BCUT2D eigenvalue weighted by atomic mass is 32.2. The van der Waals surface area contributed by atoms with Crippen molar-refractivity contribution in [3.8, 4) is 0 Å². The molecule has 0 spiro atoms. The minimum absolute atomic E-state index is 0.281. The minimum Gasteiger partial charge on any atom is -0.445 e. The molecule has 0 unspecified atom stereocenters. The summed E-state index contributed by atoms with van der Waals surface area (Å²) in [7, 11) is 0. The lowest BCUT2D eigenvalue weighted by Gasteiger charge is -2.22. The van der Waals surface area contributed by atoms with Gasteiger partial charge in [-0.25, -0.2) is 4.79 Å². The number of amides is 1. The third-order valence-electron chi connectivity index (χ3n) is 4.05. The van der Waals surface area contributed by atoms with Crippen LogP contribution in [0, 0.1) is 0 Å². The van der Waals surface area contributed by atoms with E-state index in [0.29, 0.717) is 13.1 Å². The van der Waals surface area contributed by atoms with Crippen LogP contribution in [0.1, 0.15) is 11.1 Å². The van der Waals surface area contributed by atoms with E-state index in [1.54, 1.807) is 16.7 Å². The Morgan fingerprint density at radius 3 is 1.96 bits per heavy atom. The number of hydrogen-bond donors (Lipinski definition) is 0. The maximum atomic E-state index is 12.7. The van der Waals surface area contributed by atoms with Gasteiger partial charge in [0.05, 0.1) is 0 Å². The zero-order valence-electron chi connectivity index (χ0n) is 15.2. The Hall–Kier alpha value is -2.72. The van der Waals surface area contributed by atoms with Crippen LogP contribution in [0.2, 0.25) is 0 Å². The molecule has 0 saturated carbocycles. The van der Waals surface area contributed by atoms with E-state index >= 15 is 0 Å². The Bertz CT molecular complexity index is 810. The SMILES string of the molecule is O=C(OCc1ccccc1)N(CCSc1ccccc1)Cc1ccccc1. The molecule has 0 saturated heterocycles. The Kier molecular flexibility index (Phi) is 7.36. The molecule has 0 radical (unpaired) electrons. The lowest BCUT2D eigenvalue weighted by Crippen LogP contribution is -2.33. The van der Waals surface area contributed by atoms with E-state index in [9.17, 15) is 4.79 Å².